The number of hydrogen-bond acceptors (Lipinski definition) is 5. The maximum Gasteiger partial charge on any atom is 0.151 e. The highest BCUT2D eigenvalue weighted by Gasteiger charge is 2.01. The van der Waals surface area contributed by atoms with Crippen LogP contribution in [0.15, 0.2) is 58.5 Å². The lowest BCUT2D eigenvalue weighted by Gasteiger charge is -2.03. The highest BCUT2D eigenvalue weighted by atomic mass is 16.5. The van der Waals surface area contributed by atoms with Gasteiger partial charge in [0.2, 0.25) is 0 Å². The van der Waals surface area contributed by atoms with E-state index >= 15 is 0 Å². The molecule has 0 aliphatic rings. The van der Waals surface area contributed by atoms with Crippen molar-refractivity contribution in [3.63, 3.8) is 0 Å². The molecule has 2 aromatic carbocycles. The van der Waals surface area contributed by atoms with Crippen molar-refractivity contribution in [1.82, 2.24) is 0 Å². The van der Waals surface area contributed by atoms with Crippen LogP contribution in [0.2, 0.25) is 0 Å². The molecule has 2 N–H and O–H groups in total. The summed E-state index contributed by atoms with van der Waals surface area (Å²) in [5.41, 5.74) is 2.86. The summed E-state index contributed by atoms with van der Waals surface area (Å²) in [7, 11) is 0. The van der Waals surface area contributed by atoms with E-state index < -0.39 is 6.29 Å². The zero-order chi connectivity index (χ0) is 17.9. The molecule has 0 fully saturated rings. The fourth-order valence-electron chi connectivity index (χ4n) is 2.23. The highest BCUT2D eigenvalue weighted by Crippen LogP contribution is 2.28. The summed E-state index contributed by atoms with van der Waals surface area (Å²) in [5.74, 6) is 0. The lowest BCUT2D eigenvalue weighted by molar-refractivity contribution is -0.0464. The topological polar surface area (TPSA) is 82.2 Å². The van der Waals surface area contributed by atoms with Crippen LogP contribution in [0.5, 0.6) is 0 Å². The Bertz CT molecular complexity index is 725. The summed E-state index contributed by atoms with van der Waals surface area (Å²) in [4.78, 5) is 19.9. The molecule has 5 heteroatoms. The number of aliphatic hydroxyl groups excluding tert-OH is 1. The minimum Gasteiger partial charge on any atom is -0.368 e. The monoisotopic (exact) mass is 338 g/mol. The fourth-order valence-corrected chi connectivity index (χ4v) is 2.23. The van der Waals surface area contributed by atoms with Gasteiger partial charge in [-0.05, 0) is 49.4 Å². The molecule has 0 atom stereocenters. The van der Waals surface area contributed by atoms with Gasteiger partial charge in [-0.2, -0.15) is 0 Å². The van der Waals surface area contributed by atoms with E-state index in [1.54, 1.807) is 30.6 Å². The molecule has 0 unspecified atom stereocenters. The SMILES string of the molecule is O=Cc1ccc(N=Cc2ccccc2)c(N=CCCCCC(O)O)c1. The van der Waals surface area contributed by atoms with E-state index in [2.05, 4.69) is 9.98 Å². The zero-order valence-corrected chi connectivity index (χ0v) is 14.0. The summed E-state index contributed by atoms with van der Waals surface area (Å²) >= 11 is 0. The van der Waals surface area contributed by atoms with Crippen molar-refractivity contribution in [1.29, 1.82) is 0 Å². The van der Waals surface area contributed by atoms with E-state index in [-0.39, 0.29) is 0 Å². The van der Waals surface area contributed by atoms with Crippen molar-refractivity contribution in [3.8, 4) is 0 Å². The quantitative estimate of drug-likeness (QED) is 0.315. The molecule has 0 aliphatic carbocycles. The number of aliphatic imine (C=N–C) groups is 2. The Balaban J connectivity index is 2.06. The average Bonchev–Trinajstić information content (AvgIpc) is 2.64. The Hall–Kier alpha value is -2.63. The van der Waals surface area contributed by atoms with Crippen molar-refractivity contribution in [3.05, 3.63) is 59.7 Å². The second-order valence-corrected chi connectivity index (χ2v) is 5.61. The molecule has 0 aromatic heterocycles. The van der Waals surface area contributed by atoms with Gasteiger partial charge in [-0.25, -0.2) is 0 Å². The van der Waals surface area contributed by atoms with Crippen LogP contribution in [0, 0.1) is 0 Å². The Labute approximate surface area is 147 Å². The molecule has 2 aromatic rings. The van der Waals surface area contributed by atoms with Crippen molar-refractivity contribution in [2.45, 2.75) is 32.0 Å². The molecule has 0 radical (unpaired) electrons. The van der Waals surface area contributed by atoms with E-state index in [0.29, 0.717) is 23.4 Å². The second kappa shape index (κ2) is 10.3. The number of benzene rings is 2. The van der Waals surface area contributed by atoms with Gasteiger partial charge in [-0.15, -0.1) is 0 Å². The lowest BCUT2D eigenvalue weighted by Crippen LogP contribution is -2.02. The van der Waals surface area contributed by atoms with Gasteiger partial charge in [0, 0.05) is 18.0 Å². The summed E-state index contributed by atoms with van der Waals surface area (Å²) in [6, 6.07) is 15.0. The average molecular weight is 338 g/mol. The number of unbranched alkanes of at least 4 members (excludes halogenated alkanes) is 2. The van der Waals surface area contributed by atoms with Crippen LogP contribution < -0.4 is 0 Å². The maximum absolute atomic E-state index is 11.0. The molecule has 0 amide bonds. The Morgan fingerprint density at radius 3 is 2.44 bits per heavy atom. The molecule has 130 valence electrons. The summed E-state index contributed by atoms with van der Waals surface area (Å²) in [6.45, 7) is 0. The van der Waals surface area contributed by atoms with Crippen LogP contribution in [0.4, 0.5) is 11.4 Å². The van der Waals surface area contributed by atoms with E-state index in [9.17, 15) is 4.79 Å². The Morgan fingerprint density at radius 1 is 0.920 bits per heavy atom. The summed E-state index contributed by atoms with van der Waals surface area (Å²) < 4.78 is 0. The fraction of sp³-hybridized carbons (Fsp3) is 0.250. The van der Waals surface area contributed by atoms with Gasteiger partial charge in [-0.3, -0.25) is 14.8 Å². The molecular weight excluding hydrogens is 316 g/mol. The van der Waals surface area contributed by atoms with E-state index in [4.69, 9.17) is 10.2 Å². The third-order valence-corrected chi connectivity index (χ3v) is 3.56. The first-order chi connectivity index (χ1) is 12.2. The van der Waals surface area contributed by atoms with Crippen LogP contribution in [0.1, 0.15) is 41.6 Å². The van der Waals surface area contributed by atoms with Gasteiger partial charge in [0.05, 0.1) is 11.4 Å². The number of carbonyl (C=O) groups is 1. The molecule has 0 bridgehead atoms. The molecule has 0 aliphatic heterocycles. The zero-order valence-electron chi connectivity index (χ0n) is 14.0. The second-order valence-electron chi connectivity index (χ2n) is 5.61. The van der Waals surface area contributed by atoms with Crippen LogP contribution >= 0.6 is 0 Å². The number of nitrogens with zero attached hydrogens (tertiary/aromatic N) is 2. The van der Waals surface area contributed by atoms with Gasteiger partial charge >= 0.3 is 0 Å². The first kappa shape index (κ1) is 18.7. The van der Waals surface area contributed by atoms with Gasteiger partial charge < -0.3 is 10.2 Å². The lowest BCUT2D eigenvalue weighted by atomic mass is 10.2. The van der Waals surface area contributed by atoms with E-state index in [1.165, 1.54) is 0 Å². The molecule has 5 nitrogen and oxygen atoms in total. The van der Waals surface area contributed by atoms with Crippen LogP contribution in [-0.2, 0) is 0 Å². The molecule has 0 spiro atoms. The Kier molecular flexibility index (Phi) is 7.69. The smallest absolute Gasteiger partial charge is 0.151 e. The maximum atomic E-state index is 11.0. The number of aliphatic hydroxyl groups is 2. The van der Waals surface area contributed by atoms with Crippen LogP contribution in [0.25, 0.3) is 0 Å². The first-order valence-corrected chi connectivity index (χ1v) is 8.26. The van der Waals surface area contributed by atoms with Gasteiger partial charge in [0.25, 0.3) is 0 Å². The van der Waals surface area contributed by atoms with Gasteiger partial charge in [-0.1, -0.05) is 30.3 Å². The third kappa shape index (κ3) is 6.79. The molecule has 0 saturated carbocycles. The molecule has 2 rings (SSSR count). The number of aldehydes is 1. The predicted molar refractivity (Wildman–Crippen MR) is 100 cm³/mol. The van der Waals surface area contributed by atoms with Gasteiger partial charge in [0.1, 0.15) is 6.29 Å². The van der Waals surface area contributed by atoms with Crippen molar-refractivity contribution >= 4 is 30.1 Å². The standard InChI is InChI=1S/C20H22N2O3/c23-15-17-10-11-18(22-14-16-7-3-1-4-8-16)19(13-17)21-12-6-2-5-9-20(24)25/h1,3-4,7-8,10-15,20,24-25H,2,5-6,9H2. The molecule has 0 heterocycles. The number of hydrogen-bond donors (Lipinski definition) is 2. The third-order valence-electron chi connectivity index (χ3n) is 3.56. The minimum absolute atomic E-state index is 0.362. The largest absolute Gasteiger partial charge is 0.368 e. The van der Waals surface area contributed by atoms with E-state index in [1.807, 2.05) is 30.3 Å². The minimum atomic E-state index is -1.25. The van der Waals surface area contributed by atoms with E-state index in [0.717, 1.165) is 31.1 Å². The van der Waals surface area contributed by atoms with Crippen LogP contribution in [0.3, 0.4) is 0 Å². The summed E-state index contributed by atoms with van der Waals surface area (Å²) in [6.07, 6.45) is 5.69. The molecular formula is C20H22N2O3. The Morgan fingerprint density at radius 2 is 1.72 bits per heavy atom. The van der Waals surface area contributed by atoms with Crippen molar-refractivity contribution < 1.29 is 15.0 Å². The van der Waals surface area contributed by atoms with Crippen molar-refractivity contribution in [2.24, 2.45) is 9.98 Å². The van der Waals surface area contributed by atoms with Gasteiger partial charge in [0.15, 0.2) is 6.29 Å². The first-order valence-electron chi connectivity index (χ1n) is 8.26. The predicted octanol–water partition coefficient (Wildman–Crippen LogP) is 3.82. The van der Waals surface area contributed by atoms with Crippen molar-refractivity contribution in [2.75, 3.05) is 0 Å². The number of rotatable bonds is 9. The number of carbonyl (C=O) groups excluding carboxylic acids is 1. The van der Waals surface area contributed by atoms with Crippen LogP contribution in [-0.4, -0.2) is 35.2 Å². The normalized spacial score (nSPS) is 11.6. The molecule has 0 saturated heterocycles. The highest BCUT2D eigenvalue weighted by molar-refractivity contribution is 5.86. The summed E-state index contributed by atoms with van der Waals surface area (Å²) in [5, 5.41) is 17.6. The molecule has 25 heavy (non-hydrogen) atoms.